The van der Waals surface area contributed by atoms with E-state index >= 15 is 0 Å². The van der Waals surface area contributed by atoms with Crippen LogP contribution in [0.4, 0.5) is 13.6 Å². The van der Waals surface area contributed by atoms with Crippen LogP contribution in [0.2, 0.25) is 0 Å². The summed E-state index contributed by atoms with van der Waals surface area (Å²) >= 11 is 0. The van der Waals surface area contributed by atoms with Crippen molar-refractivity contribution in [1.82, 2.24) is 15.1 Å². The van der Waals surface area contributed by atoms with Crippen molar-refractivity contribution in [2.24, 2.45) is 11.8 Å². The molecule has 0 saturated carbocycles. The van der Waals surface area contributed by atoms with E-state index in [9.17, 15) is 23.2 Å². The highest BCUT2D eigenvalue weighted by Gasteiger charge is 2.56. The summed E-state index contributed by atoms with van der Waals surface area (Å²) in [6, 6.07) is 11.6. The van der Waals surface area contributed by atoms with Crippen LogP contribution in [-0.4, -0.2) is 52.8 Å². The maximum Gasteiger partial charge on any atom is 0.325 e. The van der Waals surface area contributed by atoms with Gasteiger partial charge in [0.1, 0.15) is 17.2 Å². The maximum absolute atomic E-state index is 13.9. The Hall–Kier alpha value is -3.55. The number of benzene rings is 2. The number of urea groups is 1. The fraction of sp³-hybridized carbons (Fsp3) is 0.393. The summed E-state index contributed by atoms with van der Waals surface area (Å²) in [6.07, 6.45) is 4.20. The van der Waals surface area contributed by atoms with Crippen LogP contribution >= 0.6 is 0 Å². The standard InChI is InChI=1S/C28H31F2N3O3/c1-19(2)18-33-26(35)28(31-27(33)36,17-21-6-4-8-24(30)16-21)22-11-13-32(14-12-22)25(34)10-9-20-5-3-7-23(29)15-20/h3-10,15-16,19,22H,11-14,17-18H2,1-2H3,(H,31,36). The molecule has 0 spiro atoms. The third kappa shape index (κ3) is 5.48. The minimum absolute atomic E-state index is 0.106. The van der Waals surface area contributed by atoms with Gasteiger partial charge in [-0.1, -0.05) is 38.1 Å². The quantitative estimate of drug-likeness (QED) is 0.457. The van der Waals surface area contributed by atoms with Crippen molar-refractivity contribution in [3.8, 4) is 0 Å². The van der Waals surface area contributed by atoms with Gasteiger partial charge in [0.2, 0.25) is 5.91 Å². The number of hydrogen-bond donors (Lipinski definition) is 1. The lowest BCUT2D eigenvalue weighted by Gasteiger charge is -2.41. The molecule has 0 aromatic heterocycles. The molecule has 1 N–H and O–H groups in total. The molecular weight excluding hydrogens is 464 g/mol. The summed E-state index contributed by atoms with van der Waals surface area (Å²) < 4.78 is 27.3. The number of piperidine rings is 1. The number of carbonyl (C=O) groups excluding carboxylic acids is 3. The van der Waals surface area contributed by atoms with Crippen molar-refractivity contribution in [1.29, 1.82) is 0 Å². The van der Waals surface area contributed by atoms with Crippen molar-refractivity contribution < 1.29 is 23.2 Å². The highest BCUT2D eigenvalue weighted by atomic mass is 19.1. The molecule has 2 heterocycles. The number of carbonyl (C=O) groups is 3. The van der Waals surface area contributed by atoms with E-state index in [4.69, 9.17) is 0 Å². The molecule has 1 unspecified atom stereocenters. The zero-order valence-electron chi connectivity index (χ0n) is 20.5. The Labute approximate surface area is 210 Å². The number of halogens is 2. The molecule has 2 aromatic rings. The second-order valence-corrected chi connectivity index (χ2v) is 10.0. The molecule has 2 saturated heterocycles. The van der Waals surface area contributed by atoms with Crippen LogP contribution in [0.3, 0.4) is 0 Å². The summed E-state index contributed by atoms with van der Waals surface area (Å²) in [6.45, 7) is 5.01. The van der Waals surface area contributed by atoms with Crippen LogP contribution < -0.4 is 5.32 Å². The molecule has 2 aliphatic rings. The lowest BCUT2D eigenvalue weighted by molar-refractivity contribution is -0.135. The molecule has 0 aliphatic carbocycles. The van der Waals surface area contributed by atoms with E-state index in [-0.39, 0.29) is 35.9 Å². The normalized spacial score (nSPS) is 21.0. The van der Waals surface area contributed by atoms with Crippen molar-refractivity contribution in [3.63, 3.8) is 0 Å². The minimum atomic E-state index is -1.19. The minimum Gasteiger partial charge on any atom is -0.339 e. The largest absolute Gasteiger partial charge is 0.339 e. The van der Waals surface area contributed by atoms with Gasteiger partial charge >= 0.3 is 6.03 Å². The lowest BCUT2D eigenvalue weighted by atomic mass is 9.73. The number of rotatable bonds is 7. The van der Waals surface area contributed by atoms with Crippen molar-refractivity contribution in [2.45, 2.75) is 38.6 Å². The summed E-state index contributed by atoms with van der Waals surface area (Å²) in [5.74, 6) is -1.37. The van der Waals surface area contributed by atoms with E-state index in [2.05, 4.69) is 5.32 Å². The number of likely N-dealkylation sites (tertiary alicyclic amines) is 1. The van der Waals surface area contributed by atoms with Crippen LogP contribution in [0, 0.1) is 23.5 Å². The van der Waals surface area contributed by atoms with Gasteiger partial charge in [-0.05, 0) is 66.1 Å². The molecule has 0 radical (unpaired) electrons. The van der Waals surface area contributed by atoms with Gasteiger partial charge in [0.25, 0.3) is 5.91 Å². The summed E-state index contributed by atoms with van der Waals surface area (Å²) in [7, 11) is 0. The van der Waals surface area contributed by atoms with Gasteiger partial charge in [0.15, 0.2) is 0 Å². The lowest BCUT2D eigenvalue weighted by Crippen LogP contribution is -2.58. The smallest absolute Gasteiger partial charge is 0.325 e. The number of imide groups is 1. The third-order valence-electron chi connectivity index (χ3n) is 6.89. The van der Waals surface area contributed by atoms with E-state index in [1.54, 1.807) is 35.2 Å². The van der Waals surface area contributed by atoms with E-state index in [1.165, 1.54) is 35.2 Å². The first-order chi connectivity index (χ1) is 17.2. The monoisotopic (exact) mass is 495 g/mol. The molecule has 1 atom stereocenters. The molecular formula is C28H31F2N3O3. The Kier molecular flexibility index (Phi) is 7.52. The second kappa shape index (κ2) is 10.6. The molecule has 6 nitrogen and oxygen atoms in total. The van der Waals surface area contributed by atoms with Crippen LogP contribution in [0.15, 0.2) is 54.6 Å². The number of nitrogens with zero attached hydrogens (tertiary/aromatic N) is 2. The molecule has 0 bridgehead atoms. The first kappa shape index (κ1) is 25.5. The van der Waals surface area contributed by atoms with E-state index < -0.39 is 17.4 Å². The molecule has 190 valence electrons. The van der Waals surface area contributed by atoms with Crippen LogP contribution in [-0.2, 0) is 16.0 Å². The predicted molar refractivity (Wildman–Crippen MR) is 133 cm³/mol. The first-order valence-electron chi connectivity index (χ1n) is 12.3. The Balaban J connectivity index is 1.51. The Morgan fingerprint density at radius 1 is 1.08 bits per heavy atom. The zero-order chi connectivity index (χ0) is 25.9. The average molecular weight is 496 g/mol. The second-order valence-electron chi connectivity index (χ2n) is 10.0. The van der Waals surface area contributed by atoms with Crippen molar-refractivity contribution >= 4 is 23.9 Å². The Morgan fingerprint density at radius 2 is 1.75 bits per heavy atom. The van der Waals surface area contributed by atoms with Crippen LogP contribution in [0.1, 0.15) is 37.8 Å². The van der Waals surface area contributed by atoms with Crippen LogP contribution in [0.25, 0.3) is 6.08 Å². The van der Waals surface area contributed by atoms with Gasteiger partial charge in [0, 0.05) is 32.1 Å². The molecule has 4 rings (SSSR count). The summed E-state index contributed by atoms with van der Waals surface area (Å²) in [4.78, 5) is 42.3. The Morgan fingerprint density at radius 3 is 2.39 bits per heavy atom. The highest BCUT2D eigenvalue weighted by Crippen LogP contribution is 2.37. The van der Waals surface area contributed by atoms with Gasteiger partial charge in [0.05, 0.1) is 0 Å². The van der Waals surface area contributed by atoms with Gasteiger partial charge in [-0.3, -0.25) is 14.5 Å². The third-order valence-corrected chi connectivity index (χ3v) is 6.89. The summed E-state index contributed by atoms with van der Waals surface area (Å²) in [5.41, 5.74) is 0.0372. The first-order valence-corrected chi connectivity index (χ1v) is 12.3. The number of hydrogen-bond acceptors (Lipinski definition) is 3. The highest BCUT2D eigenvalue weighted by molar-refractivity contribution is 6.07. The van der Waals surface area contributed by atoms with Crippen LogP contribution in [0.5, 0.6) is 0 Å². The molecule has 8 heteroatoms. The molecule has 2 fully saturated rings. The predicted octanol–water partition coefficient (Wildman–Crippen LogP) is 4.41. The van der Waals surface area contributed by atoms with E-state index in [0.29, 0.717) is 43.6 Å². The van der Waals surface area contributed by atoms with Crippen molar-refractivity contribution in [2.75, 3.05) is 19.6 Å². The molecule has 4 amide bonds. The topological polar surface area (TPSA) is 69.7 Å². The van der Waals surface area contributed by atoms with E-state index in [1.807, 2.05) is 13.8 Å². The molecule has 2 aliphatic heterocycles. The number of nitrogens with one attached hydrogen (secondary N) is 1. The maximum atomic E-state index is 13.9. The SMILES string of the molecule is CC(C)CN1C(=O)NC(Cc2cccc(F)c2)(C2CCN(C(=O)C=Cc3cccc(F)c3)CC2)C1=O. The van der Waals surface area contributed by atoms with Gasteiger partial charge in [-0.15, -0.1) is 0 Å². The van der Waals surface area contributed by atoms with E-state index in [0.717, 1.165) is 0 Å². The molecule has 36 heavy (non-hydrogen) atoms. The van der Waals surface area contributed by atoms with Gasteiger partial charge < -0.3 is 10.2 Å². The van der Waals surface area contributed by atoms with Gasteiger partial charge in [-0.2, -0.15) is 0 Å². The number of amides is 4. The fourth-order valence-corrected chi connectivity index (χ4v) is 5.16. The Bertz CT molecular complexity index is 1170. The zero-order valence-corrected chi connectivity index (χ0v) is 20.5. The fourth-order valence-electron chi connectivity index (χ4n) is 5.16. The van der Waals surface area contributed by atoms with Gasteiger partial charge in [-0.25, -0.2) is 13.6 Å². The summed E-state index contributed by atoms with van der Waals surface area (Å²) in [5, 5.41) is 2.97. The van der Waals surface area contributed by atoms with Crippen molar-refractivity contribution in [3.05, 3.63) is 77.4 Å². The molecule has 2 aromatic carbocycles. The average Bonchev–Trinajstić information content (AvgIpc) is 3.07.